The van der Waals surface area contributed by atoms with Crippen LogP contribution in [0.1, 0.15) is 30.5 Å². The molecule has 2 aromatic rings. The minimum absolute atomic E-state index is 0.0174. The molecule has 4 nitrogen and oxygen atoms in total. The first-order valence-electron chi connectivity index (χ1n) is 9.26. The number of thioether (sulfide) groups is 1. The van der Waals surface area contributed by atoms with Crippen LogP contribution in [0, 0.1) is 6.92 Å². The summed E-state index contributed by atoms with van der Waals surface area (Å²) in [6, 6.07) is 17.5. The molecule has 1 N–H and O–H groups in total. The average molecular weight is 385 g/mol. The zero-order chi connectivity index (χ0) is 19.6. The average Bonchev–Trinajstić information content (AvgIpc) is 2.68. The first-order chi connectivity index (χ1) is 13.0. The smallest absolute Gasteiger partial charge is 0.242 e. The fraction of sp³-hybridized carbons (Fsp3) is 0.364. The van der Waals surface area contributed by atoms with Crippen LogP contribution < -0.4 is 5.32 Å². The highest BCUT2D eigenvalue weighted by Gasteiger charge is 2.25. The van der Waals surface area contributed by atoms with Gasteiger partial charge >= 0.3 is 0 Å². The van der Waals surface area contributed by atoms with Gasteiger partial charge in [0.05, 0.1) is 5.75 Å². The standard InChI is InChI=1S/C22H28N2O2S/c1-4-23-22(26)18(3)24(14-19-11-6-5-7-12-19)21(25)16-27-15-20-13-9-8-10-17(20)2/h5-13,18H,4,14-16H2,1-3H3,(H,23,26). The van der Waals surface area contributed by atoms with Crippen LogP contribution >= 0.6 is 11.8 Å². The molecule has 0 fully saturated rings. The van der Waals surface area contributed by atoms with Crippen molar-refractivity contribution >= 4 is 23.6 Å². The van der Waals surface area contributed by atoms with Crippen LogP contribution in [0.4, 0.5) is 0 Å². The minimum atomic E-state index is -0.503. The van der Waals surface area contributed by atoms with Gasteiger partial charge in [-0.05, 0) is 37.5 Å². The number of benzene rings is 2. The van der Waals surface area contributed by atoms with E-state index in [9.17, 15) is 9.59 Å². The van der Waals surface area contributed by atoms with Crippen LogP contribution in [0.5, 0.6) is 0 Å². The summed E-state index contributed by atoms with van der Waals surface area (Å²) in [5.74, 6) is 1.000. The minimum Gasteiger partial charge on any atom is -0.355 e. The molecule has 0 aliphatic heterocycles. The lowest BCUT2D eigenvalue weighted by Crippen LogP contribution is -2.48. The topological polar surface area (TPSA) is 49.4 Å². The molecule has 1 unspecified atom stereocenters. The normalized spacial score (nSPS) is 11.7. The lowest BCUT2D eigenvalue weighted by molar-refractivity contribution is -0.138. The van der Waals surface area contributed by atoms with Crippen LogP contribution in [0.15, 0.2) is 54.6 Å². The third-order valence-corrected chi connectivity index (χ3v) is 5.42. The van der Waals surface area contributed by atoms with Crippen LogP contribution in [-0.4, -0.2) is 35.1 Å². The second-order valence-electron chi connectivity index (χ2n) is 6.50. The van der Waals surface area contributed by atoms with Gasteiger partial charge in [-0.3, -0.25) is 9.59 Å². The van der Waals surface area contributed by atoms with Gasteiger partial charge in [0.15, 0.2) is 0 Å². The van der Waals surface area contributed by atoms with Gasteiger partial charge in [-0.2, -0.15) is 0 Å². The molecule has 0 spiro atoms. The monoisotopic (exact) mass is 384 g/mol. The van der Waals surface area contributed by atoms with E-state index in [-0.39, 0.29) is 11.8 Å². The molecule has 144 valence electrons. The summed E-state index contributed by atoms with van der Waals surface area (Å²) in [6.45, 7) is 6.74. The molecule has 0 saturated carbocycles. The molecule has 0 saturated heterocycles. The maximum absolute atomic E-state index is 12.9. The second-order valence-corrected chi connectivity index (χ2v) is 7.48. The summed E-state index contributed by atoms with van der Waals surface area (Å²) in [7, 11) is 0. The van der Waals surface area contributed by atoms with E-state index in [1.165, 1.54) is 11.1 Å². The first-order valence-corrected chi connectivity index (χ1v) is 10.4. The Morgan fingerprint density at radius 1 is 1.07 bits per heavy atom. The molecule has 1 atom stereocenters. The first kappa shape index (κ1) is 21.0. The Morgan fingerprint density at radius 2 is 1.74 bits per heavy atom. The number of aryl methyl sites for hydroxylation is 1. The number of rotatable bonds is 9. The Bertz CT molecular complexity index is 749. The van der Waals surface area contributed by atoms with Crippen molar-refractivity contribution < 1.29 is 9.59 Å². The molecule has 27 heavy (non-hydrogen) atoms. The number of likely N-dealkylation sites (N-methyl/N-ethyl adjacent to an activating group) is 1. The lowest BCUT2D eigenvalue weighted by atomic mass is 10.1. The molecule has 2 amide bonds. The summed E-state index contributed by atoms with van der Waals surface area (Å²) in [5, 5.41) is 2.82. The van der Waals surface area contributed by atoms with E-state index in [4.69, 9.17) is 0 Å². The molecular weight excluding hydrogens is 356 g/mol. The van der Waals surface area contributed by atoms with Gasteiger partial charge in [-0.1, -0.05) is 54.6 Å². The third-order valence-electron chi connectivity index (χ3n) is 4.46. The predicted octanol–water partition coefficient (Wildman–Crippen LogP) is 3.78. The van der Waals surface area contributed by atoms with E-state index in [1.807, 2.05) is 49.4 Å². The second kappa shape index (κ2) is 10.8. The molecular formula is C22H28N2O2S. The lowest BCUT2D eigenvalue weighted by Gasteiger charge is -2.28. The number of hydrogen-bond donors (Lipinski definition) is 1. The maximum Gasteiger partial charge on any atom is 0.242 e. The molecule has 0 aromatic heterocycles. The number of carbonyl (C=O) groups is 2. The molecule has 5 heteroatoms. The number of amides is 2. The Kier molecular flexibility index (Phi) is 8.40. The fourth-order valence-electron chi connectivity index (χ4n) is 2.79. The van der Waals surface area contributed by atoms with Gasteiger partial charge in [0, 0.05) is 18.8 Å². The van der Waals surface area contributed by atoms with Gasteiger partial charge in [-0.25, -0.2) is 0 Å². The molecule has 0 heterocycles. The molecule has 0 bridgehead atoms. The molecule has 0 aliphatic carbocycles. The summed E-state index contributed by atoms with van der Waals surface area (Å²) in [4.78, 5) is 26.9. The number of carbonyl (C=O) groups excluding carboxylic acids is 2. The Balaban J connectivity index is 2.03. The Morgan fingerprint density at radius 3 is 2.41 bits per heavy atom. The van der Waals surface area contributed by atoms with E-state index in [1.54, 1.807) is 23.6 Å². The highest BCUT2D eigenvalue weighted by atomic mass is 32.2. The van der Waals surface area contributed by atoms with E-state index in [0.717, 1.165) is 11.3 Å². The van der Waals surface area contributed by atoms with Gasteiger partial charge in [-0.15, -0.1) is 11.8 Å². The summed E-state index contributed by atoms with van der Waals surface area (Å²) in [5.41, 5.74) is 3.49. The maximum atomic E-state index is 12.9. The van der Waals surface area contributed by atoms with Crippen molar-refractivity contribution in [3.8, 4) is 0 Å². The van der Waals surface area contributed by atoms with E-state index in [0.29, 0.717) is 18.8 Å². The largest absolute Gasteiger partial charge is 0.355 e. The number of nitrogens with one attached hydrogen (secondary N) is 1. The third kappa shape index (κ3) is 6.43. The van der Waals surface area contributed by atoms with Crippen molar-refractivity contribution in [1.29, 1.82) is 0 Å². The van der Waals surface area contributed by atoms with Crippen LogP contribution in [-0.2, 0) is 21.9 Å². The van der Waals surface area contributed by atoms with Crippen LogP contribution in [0.2, 0.25) is 0 Å². The van der Waals surface area contributed by atoms with Crippen molar-refractivity contribution in [3.05, 3.63) is 71.3 Å². The quantitative estimate of drug-likeness (QED) is 0.716. The SMILES string of the molecule is CCNC(=O)C(C)N(Cc1ccccc1)C(=O)CSCc1ccccc1C. The Labute approximate surface area is 166 Å². The fourth-order valence-corrected chi connectivity index (χ4v) is 3.77. The molecule has 2 rings (SSSR count). The van der Waals surface area contributed by atoms with Crippen molar-refractivity contribution in [2.45, 2.75) is 39.1 Å². The van der Waals surface area contributed by atoms with E-state index < -0.39 is 6.04 Å². The highest BCUT2D eigenvalue weighted by Crippen LogP contribution is 2.18. The number of hydrogen-bond acceptors (Lipinski definition) is 3. The van der Waals surface area contributed by atoms with Crippen LogP contribution in [0.25, 0.3) is 0 Å². The van der Waals surface area contributed by atoms with Gasteiger partial charge in [0.25, 0.3) is 0 Å². The van der Waals surface area contributed by atoms with Crippen molar-refractivity contribution in [2.75, 3.05) is 12.3 Å². The predicted molar refractivity (Wildman–Crippen MR) is 112 cm³/mol. The summed E-state index contributed by atoms with van der Waals surface area (Å²) in [6.07, 6.45) is 0. The zero-order valence-corrected chi connectivity index (χ0v) is 17.1. The van der Waals surface area contributed by atoms with Crippen molar-refractivity contribution in [1.82, 2.24) is 10.2 Å². The van der Waals surface area contributed by atoms with Crippen molar-refractivity contribution in [2.24, 2.45) is 0 Å². The van der Waals surface area contributed by atoms with Gasteiger partial charge < -0.3 is 10.2 Å². The summed E-state index contributed by atoms with van der Waals surface area (Å²) < 4.78 is 0. The van der Waals surface area contributed by atoms with Gasteiger partial charge in [0.1, 0.15) is 6.04 Å². The van der Waals surface area contributed by atoms with Crippen molar-refractivity contribution in [3.63, 3.8) is 0 Å². The molecule has 0 radical (unpaired) electrons. The molecule has 2 aromatic carbocycles. The van der Waals surface area contributed by atoms with E-state index in [2.05, 4.69) is 24.4 Å². The van der Waals surface area contributed by atoms with E-state index >= 15 is 0 Å². The summed E-state index contributed by atoms with van der Waals surface area (Å²) >= 11 is 1.59. The zero-order valence-electron chi connectivity index (χ0n) is 16.3. The van der Waals surface area contributed by atoms with Gasteiger partial charge in [0.2, 0.25) is 11.8 Å². The number of nitrogens with zero attached hydrogens (tertiary/aromatic N) is 1. The Hall–Kier alpha value is -2.27. The highest BCUT2D eigenvalue weighted by molar-refractivity contribution is 7.99. The van der Waals surface area contributed by atoms with Crippen LogP contribution in [0.3, 0.4) is 0 Å². The molecule has 0 aliphatic rings.